The summed E-state index contributed by atoms with van der Waals surface area (Å²) in [6.45, 7) is 2.03. The van der Waals surface area contributed by atoms with Gasteiger partial charge in [-0.3, -0.25) is 0 Å². The third-order valence-corrected chi connectivity index (χ3v) is 3.28. The van der Waals surface area contributed by atoms with E-state index >= 15 is 0 Å². The standard InChI is InChI=1S/C19H23N/c1-3-10-18(11-4-1)14-7-8-16-20-17-9-15-19-12-5-2-6-13-19/h1-6,9-13,15,20H,7-8,14,16-17H2/b15-9+. The van der Waals surface area contributed by atoms with Crippen LogP contribution in [-0.2, 0) is 6.42 Å². The molecule has 2 rings (SSSR count). The van der Waals surface area contributed by atoms with Crippen LogP contribution in [0.15, 0.2) is 66.7 Å². The average Bonchev–Trinajstić information content (AvgIpc) is 2.52. The van der Waals surface area contributed by atoms with E-state index in [-0.39, 0.29) is 0 Å². The third kappa shape index (κ3) is 5.85. The molecule has 0 fully saturated rings. The van der Waals surface area contributed by atoms with Crippen LogP contribution in [0.25, 0.3) is 6.08 Å². The Morgan fingerprint density at radius 2 is 1.50 bits per heavy atom. The van der Waals surface area contributed by atoms with Crippen LogP contribution in [0.1, 0.15) is 24.0 Å². The topological polar surface area (TPSA) is 12.0 Å². The molecule has 0 aliphatic rings. The second-order valence-electron chi connectivity index (χ2n) is 4.96. The third-order valence-electron chi connectivity index (χ3n) is 3.28. The molecule has 0 bridgehead atoms. The molecule has 0 aliphatic heterocycles. The van der Waals surface area contributed by atoms with Crippen LogP contribution in [0.5, 0.6) is 0 Å². The normalized spacial score (nSPS) is 11.0. The lowest BCUT2D eigenvalue weighted by Gasteiger charge is -2.02. The largest absolute Gasteiger partial charge is 0.313 e. The molecule has 2 aromatic rings. The van der Waals surface area contributed by atoms with Gasteiger partial charge in [-0.2, -0.15) is 0 Å². The van der Waals surface area contributed by atoms with E-state index in [0.29, 0.717) is 0 Å². The van der Waals surface area contributed by atoms with Crippen molar-refractivity contribution in [2.75, 3.05) is 13.1 Å². The Hall–Kier alpha value is -1.86. The number of unbranched alkanes of at least 4 members (excludes halogenated alkanes) is 1. The fraction of sp³-hybridized carbons (Fsp3) is 0.263. The summed E-state index contributed by atoms with van der Waals surface area (Å²) in [4.78, 5) is 0. The van der Waals surface area contributed by atoms with Crippen molar-refractivity contribution in [3.63, 3.8) is 0 Å². The molecule has 0 radical (unpaired) electrons. The summed E-state index contributed by atoms with van der Waals surface area (Å²) in [5.74, 6) is 0. The molecular weight excluding hydrogens is 242 g/mol. The number of benzene rings is 2. The van der Waals surface area contributed by atoms with E-state index in [9.17, 15) is 0 Å². The van der Waals surface area contributed by atoms with Crippen molar-refractivity contribution in [2.24, 2.45) is 0 Å². The Labute approximate surface area is 122 Å². The highest BCUT2D eigenvalue weighted by Gasteiger charge is 1.91. The molecule has 0 heterocycles. The summed E-state index contributed by atoms with van der Waals surface area (Å²) >= 11 is 0. The molecule has 0 unspecified atom stereocenters. The molecule has 0 atom stereocenters. The van der Waals surface area contributed by atoms with Gasteiger partial charge in [-0.25, -0.2) is 0 Å². The SMILES string of the molecule is C(=C\c1ccccc1)/CNCCCCc1ccccc1. The molecule has 0 saturated carbocycles. The van der Waals surface area contributed by atoms with Crippen molar-refractivity contribution in [3.8, 4) is 0 Å². The molecular formula is C19H23N. The van der Waals surface area contributed by atoms with Crippen LogP contribution in [0.2, 0.25) is 0 Å². The van der Waals surface area contributed by atoms with Crippen LogP contribution < -0.4 is 5.32 Å². The number of nitrogens with one attached hydrogen (secondary N) is 1. The van der Waals surface area contributed by atoms with Gasteiger partial charge in [0.05, 0.1) is 0 Å². The second-order valence-corrected chi connectivity index (χ2v) is 4.96. The van der Waals surface area contributed by atoms with Gasteiger partial charge in [-0.15, -0.1) is 0 Å². The van der Waals surface area contributed by atoms with Gasteiger partial charge in [0.25, 0.3) is 0 Å². The maximum atomic E-state index is 3.46. The summed E-state index contributed by atoms with van der Waals surface area (Å²) in [5.41, 5.74) is 2.70. The Balaban J connectivity index is 1.51. The van der Waals surface area contributed by atoms with Crippen LogP contribution in [-0.4, -0.2) is 13.1 Å². The summed E-state index contributed by atoms with van der Waals surface area (Å²) < 4.78 is 0. The number of aryl methyl sites for hydroxylation is 1. The monoisotopic (exact) mass is 265 g/mol. The van der Waals surface area contributed by atoms with Crippen molar-refractivity contribution in [1.82, 2.24) is 5.32 Å². The molecule has 0 saturated heterocycles. The minimum Gasteiger partial charge on any atom is -0.313 e. The van der Waals surface area contributed by atoms with Crippen molar-refractivity contribution in [3.05, 3.63) is 77.9 Å². The minimum absolute atomic E-state index is 0.945. The van der Waals surface area contributed by atoms with Gasteiger partial charge in [0, 0.05) is 6.54 Å². The molecule has 0 amide bonds. The van der Waals surface area contributed by atoms with Gasteiger partial charge < -0.3 is 5.32 Å². The van der Waals surface area contributed by atoms with Gasteiger partial charge in [0.15, 0.2) is 0 Å². The fourth-order valence-corrected chi connectivity index (χ4v) is 2.17. The minimum atomic E-state index is 0.945. The van der Waals surface area contributed by atoms with Gasteiger partial charge in [-0.05, 0) is 36.9 Å². The smallest absolute Gasteiger partial charge is 0.0138 e. The summed E-state index contributed by atoms with van der Waals surface area (Å²) in [7, 11) is 0. The van der Waals surface area contributed by atoms with E-state index in [2.05, 4.69) is 72.1 Å². The van der Waals surface area contributed by atoms with E-state index < -0.39 is 0 Å². The molecule has 20 heavy (non-hydrogen) atoms. The lowest BCUT2D eigenvalue weighted by atomic mass is 10.1. The van der Waals surface area contributed by atoms with E-state index in [0.717, 1.165) is 13.1 Å². The zero-order chi connectivity index (χ0) is 13.9. The van der Waals surface area contributed by atoms with Crippen molar-refractivity contribution in [1.29, 1.82) is 0 Å². The predicted octanol–water partition coefficient (Wildman–Crippen LogP) is 4.31. The Kier molecular flexibility index (Phi) is 6.63. The van der Waals surface area contributed by atoms with Crippen LogP contribution in [0.4, 0.5) is 0 Å². The van der Waals surface area contributed by atoms with E-state index in [1.807, 2.05) is 6.07 Å². The maximum Gasteiger partial charge on any atom is 0.0138 e. The average molecular weight is 265 g/mol. The predicted molar refractivity (Wildman–Crippen MR) is 87.7 cm³/mol. The molecule has 0 aromatic heterocycles. The summed E-state index contributed by atoms with van der Waals surface area (Å²) in [6.07, 6.45) is 8.01. The highest BCUT2D eigenvalue weighted by Crippen LogP contribution is 2.04. The lowest BCUT2D eigenvalue weighted by Crippen LogP contribution is -2.14. The molecule has 1 heteroatoms. The first kappa shape index (κ1) is 14.5. The molecule has 104 valence electrons. The highest BCUT2D eigenvalue weighted by atomic mass is 14.8. The van der Waals surface area contributed by atoms with E-state index in [4.69, 9.17) is 0 Å². The van der Waals surface area contributed by atoms with Gasteiger partial charge in [0.2, 0.25) is 0 Å². The van der Waals surface area contributed by atoms with Crippen LogP contribution >= 0.6 is 0 Å². The molecule has 1 N–H and O–H groups in total. The first-order valence-electron chi connectivity index (χ1n) is 7.41. The molecule has 1 nitrogen and oxygen atoms in total. The number of rotatable bonds is 8. The molecule has 0 aliphatic carbocycles. The zero-order valence-corrected chi connectivity index (χ0v) is 12.0. The van der Waals surface area contributed by atoms with E-state index in [1.54, 1.807) is 0 Å². The zero-order valence-electron chi connectivity index (χ0n) is 12.0. The first-order chi connectivity index (χ1) is 9.95. The van der Waals surface area contributed by atoms with Crippen LogP contribution in [0, 0.1) is 0 Å². The highest BCUT2D eigenvalue weighted by molar-refractivity contribution is 5.48. The summed E-state index contributed by atoms with van der Waals surface area (Å²) in [5, 5.41) is 3.46. The first-order valence-corrected chi connectivity index (χ1v) is 7.41. The molecule has 0 spiro atoms. The van der Waals surface area contributed by atoms with Gasteiger partial charge >= 0.3 is 0 Å². The number of hydrogen-bond donors (Lipinski definition) is 1. The van der Waals surface area contributed by atoms with Crippen molar-refractivity contribution >= 4 is 6.08 Å². The van der Waals surface area contributed by atoms with Gasteiger partial charge in [-0.1, -0.05) is 72.8 Å². The Bertz CT molecular complexity index is 488. The maximum absolute atomic E-state index is 3.46. The lowest BCUT2D eigenvalue weighted by molar-refractivity contribution is 0.655. The Morgan fingerprint density at radius 3 is 2.25 bits per heavy atom. The fourth-order valence-electron chi connectivity index (χ4n) is 2.17. The summed E-state index contributed by atoms with van der Waals surface area (Å²) in [6, 6.07) is 21.1. The van der Waals surface area contributed by atoms with Crippen molar-refractivity contribution in [2.45, 2.75) is 19.3 Å². The van der Waals surface area contributed by atoms with Crippen molar-refractivity contribution < 1.29 is 0 Å². The second kappa shape index (κ2) is 9.11. The Morgan fingerprint density at radius 1 is 0.800 bits per heavy atom. The van der Waals surface area contributed by atoms with Crippen LogP contribution in [0.3, 0.4) is 0 Å². The quantitative estimate of drug-likeness (QED) is 0.701. The number of hydrogen-bond acceptors (Lipinski definition) is 1. The van der Waals surface area contributed by atoms with E-state index in [1.165, 1.54) is 30.4 Å². The molecule has 2 aromatic carbocycles. The van der Waals surface area contributed by atoms with Gasteiger partial charge in [0.1, 0.15) is 0 Å².